The van der Waals surface area contributed by atoms with Gasteiger partial charge in [0.15, 0.2) is 11.5 Å². The normalized spacial score (nSPS) is 10.8. The van der Waals surface area contributed by atoms with Crippen molar-refractivity contribution in [3.8, 4) is 17.2 Å². The lowest BCUT2D eigenvalue weighted by molar-refractivity contribution is -0.0493. The van der Waals surface area contributed by atoms with E-state index in [1.54, 1.807) is 25.1 Å². The summed E-state index contributed by atoms with van der Waals surface area (Å²) in [5.74, 6) is -0.154. The largest absolute Gasteiger partial charge is 0.463 e. The molecule has 2 N–H and O–H groups in total. The Hall–Kier alpha value is -3.16. The van der Waals surface area contributed by atoms with Gasteiger partial charge in [0.05, 0.1) is 12.0 Å². The summed E-state index contributed by atoms with van der Waals surface area (Å²) in [4.78, 5) is 12.3. The third-order valence-corrected chi connectivity index (χ3v) is 3.20. The average molecular weight is 333 g/mol. The van der Waals surface area contributed by atoms with Crippen molar-refractivity contribution in [2.24, 2.45) is 0 Å². The summed E-state index contributed by atoms with van der Waals surface area (Å²) < 4.78 is 34.5. The summed E-state index contributed by atoms with van der Waals surface area (Å²) in [6, 6.07) is 9.43. The van der Waals surface area contributed by atoms with Crippen LogP contribution in [0.2, 0.25) is 0 Å². The molecule has 8 heteroatoms. The number of anilines is 1. The van der Waals surface area contributed by atoms with Crippen LogP contribution in [0.1, 0.15) is 16.1 Å². The van der Waals surface area contributed by atoms with Crippen molar-refractivity contribution in [1.82, 2.24) is 10.2 Å². The Bertz CT molecular complexity index is 844. The number of hydrogen-bond donors (Lipinski definition) is 2. The minimum Gasteiger partial charge on any atom is -0.463 e. The fourth-order valence-corrected chi connectivity index (χ4v) is 2.12. The van der Waals surface area contributed by atoms with Gasteiger partial charge in [0.1, 0.15) is 11.4 Å². The third kappa shape index (κ3) is 3.43. The Kier molecular flexibility index (Phi) is 4.28. The second-order valence-electron chi connectivity index (χ2n) is 4.98. The molecule has 124 valence electrons. The highest BCUT2D eigenvalue weighted by molar-refractivity contribution is 6.04. The number of aromatic amines is 1. The predicted octanol–water partition coefficient (Wildman–Crippen LogP) is 3.83. The van der Waals surface area contributed by atoms with E-state index in [0.717, 1.165) is 5.56 Å². The van der Waals surface area contributed by atoms with Crippen LogP contribution in [0, 0.1) is 6.92 Å². The quantitative estimate of drug-likeness (QED) is 0.743. The molecule has 0 saturated carbocycles. The Morgan fingerprint density at radius 3 is 2.88 bits per heavy atom. The maximum absolute atomic E-state index is 12.5. The fourth-order valence-electron chi connectivity index (χ4n) is 2.12. The summed E-state index contributed by atoms with van der Waals surface area (Å²) in [7, 11) is 0. The molecule has 3 aromatic rings. The van der Waals surface area contributed by atoms with Gasteiger partial charge in [-0.1, -0.05) is 6.07 Å². The Morgan fingerprint density at radius 1 is 1.33 bits per heavy atom. The van der Waals surface area contributed by atoms with E-state index < -0.39 is 12.5 Å². The van der Waals surface area contributed by atoms with Gasteiger partial charge in [-0.3, -0.25) is 9.89 Å². The van der Waals surface area contributed by atoms with Gasteiger partial charge in [0.2, 0.25) is 0 Å². The molecule has 0 spiro atoms. The zero-order valence-corrected chi connectivity index (χ0v) is 12.5. The summed E-state index contributed by atoms with van der Waals surface area (Å²) >= 11 is 0. The molecule has 0 saturated heterocycles. The van der Waals surface area contributed by atoms with Crippen molar-refractivity contribution in [2.75, 3.05) is 5.32 Å². The molecule has 0 aliphatic carbocycles. The van der Waals surface area contributed by atoms with Crippen LogP contribution in [-0.2, 0) is 0 Å². The first kappa shape index (κ1) is 15.7. The molecule has 2 aromatic heterocycles. The first-order valence-corrected chi connectivity index (χ1v) is 6.99. The van der Waals surface area contributed by atoms with Crippen molar-refractivity contribution in [2.45, 2.75) is 13.5 Å². The summed E-state index contributed by atoms with van der Waals surface area (Å²) in [6.45, 7) is -1.22. The highest BCUT2D eigenvalue weighted by atomic mass is 19.3. The zero-order valence-electron chi connectivity index (χ0n) is 12.5. The van der Waals surface area contributed by atoms with Crippen LogP contribution < -0.4 is 10.1 Å². The number of amides is 1. The summed E-state index contributed by atoms with van der Waals surface area (Å²) in [6.07, 6.45) is 1.50. The smallest absolute Gasteiger partial charge is 0.387 e. The number of carbonyl (C=O) groups excluding carboxylic acids is 1. The van der Waals surface area contributed by atoms with Crippen molar-refractivity contribution >= 4 is 11.6 Å². The molecule has 0 fully saturated rings. The van der Waals surface area contributed by atoms with Crippen LogP contribution in [0.5, 0.6) is 5.75 Å². The maximum atomic E-state index is 12.5. The highest BCUT2D eigenvalue weighted by Gasteiger charge is 2.16. The van der Waals surface area contributed by atoms with Gasteiger partial charge in [-0.2, -0.15) is 13.9 Å². The van der Waals surface area contributed by atoms with Crippen LogP contribution in [0.25, 0.3) is 11.5 Å². The Labute approximate surface area is 135 Å². The number of carbonyl (C=O) groups is 1. The monoisotopic (exact) mass is 333 g/mol. The molecule has 0 bridgehead atoms. The molecule has 0 radical (unpaired) electrons. The fraction of sp³-hybridized carbons (Fsp3) is 0.125. The third-order valence-electron chi connectivity index (χ3n) is 3.20. The number of benzene rings is 1. The zero-order chi connectivity index (χ0) is 17.1. The van der Waals surface area contributed by atoms with Gasteiger partial charge in [0, 0.05) is 6.07 Å². The van der Waals surface area contributed by atoms with Gasteiger partial charge in [0.25, 0.3) is 5.91 Å². The average Bonchev–Trinajstić information content (AvgIpc) is 3.19. The number of H-pyrrole nitrogens is 1. The van der Waals surface area contributed by atoms with E-state index in [9.17, 15) is 13.6 Å². The van der Waals surface area contributed by atoms with E-state index >= 15 is 0 Å². The molecular weight excluding hydrogens is 320 g/mol. The van der Waals surface area contributed by atoms with Crippen LogP contribution in [0.4, 0.5) is 14.5 Å². The number of nitrogens with one attached hydrogen (secondary N) is 2. The molecule has 0 atom stereocenters. The van der Waals surface area contributed by atoms with Crippen LogP contribution in [-0.4, -0.2) is 22.7 Å². The van der Waals surface area contributed by atoms with Crippen molar-refractivity contribution in [3.63, 3.8) is 0 Å². The number of ether oxygens (including phenoxy) is 1. The van der Waals surface area contributed by atoms with E-state index in [1.165, 1.54) is 24.5 Å². The number of nitrogens with zero attached hydrogens (tertiary/aromatic N) is 1. The highest BCUT2D eigenvalue weighted by Crippen LogP contribution is 2.28. The van der Waals surface area contributed by atoms with Crippen molar-refractivity contribution < 1.29 is 22.7 Å². The molecule has 6 nitrogen and oxygen atoms in total. The lowest BCUT2D eigenvalue weighted by atomic mass is 10.2. The first-order valence-electron chi connectivity index (χ1n) is 6.99. The van der Waals surface area contributed by atoms with E-state index in [2.05, 4.69) is 20.3 Å². The molecular formula is C16H13F2N3O3. The number of aromatic nitrogens is 2. The van der Waals surface area contributed by atoms with E-state index in [1.807, 2.05) is 0 Å². The number of furan rings is 1. The molecule has 1 aromatic carbocycles. The van der Waals surface area contributed by atoms with Crippen LogP contribution >= 0.6 is 0 Å². The standard InChI is InChI=1S/C16H13F2N3O3/c1-9-4-5-14(24-16(17)18)10(7-9)19-15(22)12-8-11(20-21-12)13-3-2-6-23-13/h2-8,16H,1H3,(H,19,22)(H,20,21). The first-order chi connectivity index (χ1) is 11.5. The second-order valence-corrected chi connectivity index (χ2v) is 4.98. The lowest BCUT2D eigenvalue weighted by Crippen LogP contribution is -2.14. The molecule has 24 heavy (non-hydrogen) atoms. The molecule has 2 heterocycles. The molecule has 0 aliphatic rings. The van der Waals surface area contributed by atoms with Gasteiger partial charge in [-0.15, -0.1) is 0 Å². The summed E-state index contributed by atoms with van der Waals surface area (Å²) in [5, 5.41) is 9.09. The van der Waals surface area contributed by atoms with Gasteiger partial charge in [-0.25, -0.2) is 0 Å². The molecule has 1 amide bonds. The summed E-state index contributed by atoms with van der Waals surface area (Å²) in [5.41, 5.74) is 1.54. The number of aryl methyl sites for hydroxylation is 1. The number of hydrogen-bond acceptors (Lipinski definition) is 4. The van der Waals surface area contributed by atoms with Crippen LogP contribution in [0.15, 0.2) is 47.1 Å². The molecule has 0 unspecified atom stereocenters. The topological polar surface area (TPSA) is 80.1 Å². The van der Waals surface area contributed by atoms with Gasteiger partial charge >= 0.3 is 6.61 Å². The van der Waals surface area contributed by atoms with Gasteiger partial charge < -0.3 is 14.5 Å². The van der Waals surface area contributed by atoms with E-state index in [4.69, 9.17) is 4.42 Å². The second kappa shape index (κ2) is 6.53. The minimum atomic E-state index is -2.99. The number of rotatable bonds is 5. The van der Waals surface area contributed by atoms with E-state index in [0.29, 0.717) is 11.5 Å². The van der Waals surface area contributed by atoms with Crippen molar-refractivity contribution in [1.29, 1.82) is 0 Å². The Morgan fingerprint density at radius 2 is 2.17 bits per heavy atom. The maximum Gasteiger partial charge on any atom is 0.387 e. The SMILES string of the molecule is Cc1ccc(OC(F)F)c(NC(=O)c2cc(-c3ccco3)[nH]n2)c1. The Balaban J connectivity index is 1.81. The molecule has 0 aliphatic heterocycles. The van der Waals surface area contributed by atoms with Crippen LogP contribution in [0.3, 0.4) is 0 Å². The molecule has 3 rings (SSSR count). The lowest BCUT2D eigenvalue weighted by Gasteiger charge is -2.12. The van der Waals surface area contributed by atoms with Gasteiger partial charge in [-0.05, 0) is 36.8 Å². The number of halogens is 2. The predicted molar refractivity (Wildman–Crippen MR) is 82.1 cm³/mol. The van der Waals surface area contributed by atoms with E-state index in [-0.39, 0.29) is 17.1 Å². The minimum absolute atomic E-state index is 0.0888. The van der Waals surface area contributed by atoms with Crippen molar-refractivity contribution in [3.05, 3.63) is 53.9 Å². The number of alkyl halides is 2.